The van der Waals surface area contributed by atoms with Gasteiger partial charge in [0.1, 0.15) is 5.76 Å². The molecule has 1 heteroatoms. The standard InChI is InChI=1S/C10H16O/c1-5-9-6-8(7-11-9)10(2,3)4/h6-7H,5H2,1-4H3. The Kier molecular flexibility index (Phi) is 2.08. The average molecular weight is 152 g/mol. The largest absolute Gasteiger partial charge is 0.469 e. The van der Waals surface area contributed by atoms with Crippen LogP contribution < -0.4 is 0 Å². The fourth-order valence-corrected chi connectivity index (χ4v) is 0.959. The lowest BCUT2D eigenvalue weighted by Gasteiger charge is -2.14. The van der Waals surface area contributed by atoms with Crippen molar-refractivity contribution in [2.24, 2.45) is 0 Å². The molecule has 1 heterocycles. The monoisotopic (exact) mass is 152 g/mol. The third-order valence-corrected chi connectivity index (χ3v) is 1.87. The van der Waals surface area contributed by atoms with Crippen molar-refractivity contribution < 1.29 is 4.42 Å². The van der Waals surface area contributed by atoms with Gasteiger partial charge in [0, 0.05) is 6.42 Å². The van der Waals surface area contributed by atoms with Gasteiger partial charge in [-0.2, -0.15) is 0 Å². The van der Waals surface area contributed by atoms with Crippen molar-refractivity contribution in [2.75, 3.05) is 0 Å². The number of hydrogen-bond donors (Lipinski definition) is 0. The molecule has 0 aromatic carbocycles. The molecule has 0 fully saturated rings. The lowest BCUT2D eigenvalue weighted by Crippen LogP contribution is -2.08. The maximum Gasteiger partial charge on any atom is 0.103 e. The summed E-state index contributed by atoms with van der Waals surface area (Å²) in [5.41, 5.74) is 1.51. The highest BCUT2D eigenvalue weighted by atomic mass is 16.3. The number of aryl methyl sites for hydroxylation is 1. The molecule has 0 saturated carbocycles. The van der Waals surface area contributed by atoms with Gasteiger partial charge in [-0.1, -0.05) is 27.7 Å². The van der Waals surface area contributed by atoms with Crippen molar-refractivity contribution in [1.82, 2.24) is 0 Å². The van der Waals surface area contributed by atoms with Crippen LogP contribution in [0.5, 0.6) is 0 Å². The summed E-state index contributed by atoms with van der Waals surface area (Å²) < 4.78 is 5.34. The van der Waals surface area contributed by atoms with Crippen molar-refractivity contribution in [2.45, 2.75) is 39.5 Å². The third-order valence-electron chi connectivity index (χ3n) is 1.87. The second-order valence-electron chi connectivity index (χ2n) is 3.91. The van der Waals surface area contributed by atoms with Gasteiger partial charge in [-0.3, -0.25) is 0 Å². The van der Waals surface area contributed by atoms with Crippen LogP contribution in [0.1, 0.15) is 39.0 Å². The highest BCUT2D eigenvalue weighted by Crippen LogP contribution is 2.24. The highest BCUT2D eigenvalue weighted by Gasteiger charge is 2.15. The molecule has 0 bridgehead atoms. The zero-order valence-electron chi connectivity index (χ0n) is 7.77. The molecule has 1 aromatic heterocycles. The topological polar surface area (TPSA) is 13.1 Å². The Hall–Kier alpha value is -0.720. The van der Waals surface area contributed by atoms with Gasteiger partial charge in [0.15, 0.2) is 0 Å². The van der Waals surface area contributed by atoms with E-state index < -0.39 is 0 Å². The summed E-state index contributed by atoms with van der Waals surface area (Å²) in [5.74, 6) is 1.08. The van der Waals surface area contributed by atoms with Crippen LogP contribution in [0, 0.1) is 0 Å². The molecule has 0 aliphatic heterocycles. The number of rotatable bonds is 1. The zero-order chi connectivity index (χ0) is 8.48. The lowest BCUT2D eigenvalue weighted by atomic mass is 9.89. The molecule has 1 nitrogen and oxygen atoms in total. The Morgan fingerprint density at radius 2 is 2.00 bits per heavy atom. The second kappa shape index (κ2) is 2.72. The van der Waals surface area contributed by atoms with Crippen LogP contribution in [-0.2, 0) is 11.8 Å². The molecule has 1 rings (SSSR count). The van der Waals surface area contributed by atoms with Crippen LogP contribution in [0.4, 0.5) is 0 Å². The van der Waals surface area contributed by atoms with E-state index in [0.29, 0.717) is 0 Å². The average Bonchev–Trinajstić information content (AvgIpc) is 2.32. The first-order chi connectivity index (χ1) is 5.04. The zero-order valence-corrected chi connectivity index (χ0v) is 7.77. The molecular weight excluding hydrogens is 136 g/mol. The van der Waals surface area contributed by atoms with E-state index in [1.807, 2.05) is 6.26 Å². The van der Waals surface area contributed by atoms with Crippen molar-refractivity contribution in [3.63, 3.8) is 0 Å². The second-order valence-corrected chi connectivity index (χ2v) is 3.91. The first kappa shape index (κ1) is 8.38. The molecule has 0 radical (unpaired) electrons. The summed E-state index contributed by atoms with van der Waals surface area (Å²) in [6.45, 7) is 8.68. The third kappa shape index (κ3) is 1.86. The van der Waals surface area contributed by atoms with Gasteiger partial charge in [-0.05, 0) is 17.0 Å². The molecule has 0 aliphatic rings. The minimum Gasteiger partial charge on any atom is -0.469 e. The van der Waals surface area contributed by atoms with Gasteiger partial charge in [-0.15, -0.1) is 0 Å². The number of furan rings is 1. The molecule has 62 valence electrons. The summed E-state index contributed by atoms with van der Waals surface area (Å²) in [7, 11) is 0. The maximum absolute atomic E-state index is 5.34. The van der Waals surface area contributed by atoms with Gasteiger partial charge in [0.25, 0.3) is 0 Å². The molecule has 0 saturated heterocycles. The van der Waals surface area contributed by atoms with Gasteiger partial charge < -0.3 is 4.42 Å². The predicted molar refractivity (Wildman–Crippen MR) is 46.8 cm³/mol. The Morgan fingerprint density at radius 3 is 2.27 bits per heavy atom. The predicted octanol–water partition coefficient (Wildman–Crippen LogP) is 3.14. The molecule has 0 amide bonds. The van der Waals surface area contributed by atoms with Gasteiger partial charge in [0.2, 0.25) is 0 Å². The van der Waals surface area contributed by atoms with Crippen LogP contribution >= 0.6 is 0 Å². The first-order valence-electron chi connectivity index (χ1n) is 4.12. The minimum atomic E-state index is 0.219. The van der Waals surface area contributed by atoms with Crippen molar-refractivity contribution in [3.8, 4) is 0 Å². The van der Waals surface area contributed by atoms with E-state index in [-0.39, 0.29) is 5.41 Å². The van der Waals surface area contributed by atoms with E-state index in [1.165, 1.54) is 5.56 Å². The van der Waals surface area contributed by atoms with E-state index in [0.717, 1.165) is 12.2 Å². The fraction of sp³-hybridized carbons (Fsp3) is 0.600. The molecule has 0 atom stereocenters. The van der Waals surface area contributed by atoms with E-state index in [2.05, 4.69) is 33.8 Å². The minimum absolute atomic E-state index is 0.219. The van der Waals surface area contributed by atoms with Crippen molar-refractivity contribution >= 4 is 0 Å². The molecule has 0 spiro atoms. The smallest absolute Gasteiger partial charge is 0.103 e. The quantitative estimate of drug-likeness (QED) is 0.602. The summed E-state index contributed by atoms with van der Waals surface area (Å²) in [6, 6.07) is 2.14. The van der Waals surface area contributed by atoms with Crippen LogP contribution in [0.25, 0.3) is 0 Å². The van der Waals surface area contributed by atoms with Crippen molar-refractivity contribution in [3.05, 3.63) is 23.7 Å². The van der Waals surface area contributed by atoms with E-state index in [1.54, 1.807) is 0 Å². The molecule has 0 unspecified atom stereocenters. The van der Waals surface area contributed by atoms with Crippen LogP contribution in [0.3, 0.4) is 0 Å². The van der Waals surface area contributed by atoms with Gasteiger partial charge in [0.05, 0.1) is 6.26 Å². The van der Waals surface area contributed by atoms with E-state index in [9.17, 15) is 0 Å². The van der Waals surface area contributed by atoms with Crippen molar-refractivity contribution in [1.29, 1.82) is 0 Å². The Bertz CT molecular complexity index is 227. The van der Waals surface area contributed by atoms with E-state index >= 15 is 0 Å². The van der Waals surface area contributed by atoms with Gasteiger partial charge in [-0.25, -0.2) is 0 Å². The molecule has 11 heavy (non-hydrogen) atoms. The highest BCUT2D eigenvalue weighted by molar-refractivity contribution is 5.20. The Morgan fingerprint density at radius 1 is 1.36 bits per heavy atom. The summed E-state index contributed by atoms with van der Waals surface area (Å²) in [5, 5.41) is 0. The summed E-state index contributed by atoms with van der Waals surface area (Å²) in [6.07, 6.45) is 2.84. The van der Waals surface area contributed by atoms with E-state index in [4.69, 9.17) is 4.42 Å². The van der Waals surface area contributed by atoms with Gasteiger partial charge >= 0.3 is 0 Å². The Balaban J connectivity index is 2.89. The summed E-state index contributed by atoms with van der Waals surface area (Å²) in [4.78, 5) is 0. The normalized spacial score (nSPS) is 12.0. The van der Waals surface area contributed by atoms with Crippen LogP contribution in [-0.4, -0.2) is 0 Å². The SMILES string of the molecule is CCc1cc(C(C)(C)C)co1. The molecular formula is C10H16O. The first-order valence-corrected chi connectivity index (χ1v) is 4.12. The fourth-order valence-electron chi connectivity index (χ4n) is 0.959. The Labute approximate surface area is 68.4 Å². The molecule has 0 N–H and O–H groups in total. The molecule has 1 aromatic rings. The van der Waals surface area contributed by atoms with Crippen LogP contribution in [0.15, 0.2) is 16.7 Å². The summed E-state index contributed by atoms with van der Waals surface area (Å²) >= 11 is 0. The van der Waals surface area contributed by atoms with Crippen LogP contribution in [0.2, 0.25) is 0 Å². The lowest BCUT2D eigenvalue weighted by molar-refractivity contribution is 0.503. The molecule has 0 aliphatic carbocycles. The number of hydrogen-bond acceptors (Lipinski definition) is 1. The maximum atomic E-state index is 5.34.